The van der Waals surface area contributed by atoms with Crippen LogP contribution in [0, 0.1) is 6.20 Å². The first kappa shape index (κ1) is 8.42. The van der Waals surface area contributed by atoms with Gasteiger partial charge in [-0.3, -0.25) is 0 Å². The van der Waals surface area contributed by atoms with Crippen molar-refractivity contribution in [1.29, 1.82) is 0 Å². The molecule has 0 spiro atoms. The van der Waals surface area contributed by atoms with Gasteiger partial charge in [-0.1, -0.05) is 18.0 Å². The summed E-state index contributed by atoms with van der Waals surface area (Å²) in [6.45, 7) is 0. The molecule has 0 N–H and O–H groups in total. The Morgan fingerprint density at radius 1 is 1.67 bits per heavy atom. The van der Waals surface area contributed by atoms with Gasteiger partial charge in [0, 0.05) is 0 Å². The van der Waals surface area contributed by atoms with Gasteiger partial charge >= 0.3 is 18.9 Å². The third kappa shape index (κ3) is 2.45. The maximum absolute atomic E-state index is 9.95. The Labute approximate surface area is 65.5 Å². The molecule has 0 radical (unpaired) electrons. The Bertz CT molecular complexity index is 176. The summed E-state index contributed by atoms with van der Waals surface area (Å²) in [6.07, 6.45) is 4.77. The SMILES string of the molecule is O=Cc1cc[c-]nc1.[Li+]. The zero-order valence-corrected chi connectivity index (χ0v) is 5.16. The van der Waals surface area contributed by atoms with E-state index in [1.165, 1.54) is 6.20 Å². The largest absolute Gasteiger partial charge is 1.00 e. The number of aromatic nitrogens is 1. The van der Waals surface area contributed by atoms with Crippen molar-refractivity contribution in [2.75, 3.05) is 0 Å². The summed E-state index contributed by atoms with van der Waals surface area (Å²) < 4.78 is 0. The van der Waals surface area contributed by atoms with Gasteiger partial charge in [0.1, 0.15) is 6.29 Å². The van der Waals surface area contributed by atoms with Crippen LogP contribution < -0.4 is 18.9 Å². The van der Waals surface area contributed by atoms with Crippen LogP contribution in [-0.2, 0) is 0 Å². The molecule has 1 aromatic heterocycles. The van der Waals surface area contributed by atoms with E-state index in [-0.39, 0.29) is 18.9 Å². The Balaban J connectivity index is 0.000000640. The molecule has 0 amide bonds. The van der Waals surface area contributed by atoms with Crippen molar-refractivity contribution in [2.24, 2.45) is 0 Å². The first-order valence-electron chi connectivity index (χ1n) is 2.21. The van der Waals surface area contributed by atoms with Gasteiger partial charge in [0.2, 0.25) is 0 Å². The number of hydrogen-bond acceptors (Lipinski definition) is 2. The minimum atomic E-state index is 0. The van der Waals surface area contributed by atoms with Gasteiger partial charge in [0.25, 0.3) is 0 Å². The summed E-state index contributed by atoms with van der Waals surface area (Å²) in [4.78, 5) is 13.6. The van der Waals surface area contributed by atoms with Crippen molar-refractivity contribution in [3.63, 3.8) is 0 Å². The Kier molecular flexibility index (Phi) is 4.03. The number of hydrogen-bond donors (Lipinski definition) is 0. The van der Waals surface area contributed by atoms with Crippen molar-refractivity contribution in [3.05, 3.63) is 30.1 Å². The van der Waals surface area contributed by atoms with Crippen molar-refractivity contribution in [1.82, 2.24) is 4.98 Å². The number of pyridine rings is 1. The van der Waals surface area contributed by atoms with Crippen molar-refractivity contribution in [3.8, 4) is 0 Å². The topological polar surface area (TPSA) is 30.0 Å². The molecule has 9 heavy (non-hydrogen) atoms. The van der Waals surface area contributed by atoms with E-state index in [0.29, 0.717) is 5.56 Å². The molecule has 1 heterocycles. The minimum Gasteiger partial charge on any atom is -0.394 e. The third-order valence-corrected chi connectivity index (χ3v) is 0.775. The molecule has 1 rings (SSSR count). The van der Waals surface area contributed by atoms with E-state index in [1.54, 1.807) is 12.1 Å². The molecule has 2 nitrogen and oxygen atoms in total. The molecule has 0 aliphatic rings. The van der Waals surface area contributed by atoms with Crippen LogP contribution in [0.1, 0.15) is 10.4 Å². The molecule has 0 saturated heterocycles. The average molecular weight is 113 g/mol. The average Bonchev–Trinajstić information content (AvgIpc) is 1.90. The molecule has 0 unspecified atom stereocenters. The van der Waals surface area contributed by atoms with E-state index < -0.39 is 0 Å². The Morgan fingerprint density at radius 3 is 2.78 bits per heavy atom. The van der Waals surface area contributed by atoms with Crippen molar-refractivity contribution in [2.45, 2.75) is 0 Å². The first-order chi connectivity index (χ1) is 3.93. The van der Waals surface area contributed by atoms with Gasteiger partial charge < -0.3 is 9.78 Å². The Morgan fingerprint density at radius 2 is 2.44 bits per heavy atom. The summed E-state index contributed by atoms with van der Waals surface area (Å²) in [5.74, 6) is 0. The van der Waals surface area contributed by atoms with E-state index >= 15 is 0 Å². The molecule has 0 atom stereocenters. The quantitative estimate of drug-likeness (QED) is 0.233. The third-order valence-electron chi connectivity index (χ3n) is 0.775. The molecule has 0 saturated carbocycles. The molecule has 0 aromatic carbocycles. The summed E-state index contributed by atoms with van der Waals surface area (Å²) in [6, 6.07) is 3.25. The second kappa shape index (κ2) is 4.31. The van der Waals surface area contributed by atoms with E-state index in [0.717, 1.165) is 6.29 Å². The summed E-state index contributed by atoms with van der Waals surface area (Å²) in [7, 11) is 0. The Hall–Kier alpha value is -0.583. The summed E-state index contributed by atoms with van der Waals surface area (Å²) in [5.41, 5.74) is 0.587. The maximum atomic E-state index is 9.95. The molecule has 0 fully saturated rings. The van der Waals surface area contributed by atoms with Crippen LogP contribution in [0.5, 0.6) is 0 Å². The van der Waals surface area contributed by atoms with Crippen LogP contribution >= 0.6 is 0 Å². The summed E-state index contributed by atoms with van der Waals surface area (Å²) in [5, 5.41) is 0. The van der Waals surface area contributed by atoms with Crippen LogP contribution in [0.3, 0.4) is 0 Å². The first-order valence-corrected chi connectivity index (χ1v) is 2.21. The fraction of sp³-hybridized carbons (Fsp3) is 0. The van der Waals surface area contributed by atoms with Gasteiger partial charge in [0.05, 0.1) is 0 Å². The number of aldehydes is 1. The van der Waals surface area contributed by atoms with E-state index in [2.05, 4.69) is 11.2 Å². The standard InChI is InChI=1S/C6H4NO.Li/c8-5-6-2-1-3-7-4-6;/h1-2,4-5H;/q-1;+1. The number of carbonyl (C=O) groups excluding carboxylic acids is 1. The monoisotopic (exact) mass is 113 g/mol. The molecule has 40 valence electrons. The molecular formula is C6H4LiNO. The predicted molar refractivity (Wildman–Crippen MR) is 28.5 cm³/mol. The minimum absolute atomic E-state index is 0. The molecule has 0 bridgehead atoms. The zero-order valence-electron chi connectivity index (χ0n) is 5.16. The molecular weight excluding hydrogens is 109 g/mol. The smallest absolute Gasteiger partial charge is 0.394 e. The number of rotatable bonds is 1. The van der Waals surface area contributed by atoms with Crippen LogP contribution in [0.25, 0.3) is 0 Å². The van der Waals surface area contributed by atoms with Crippen LogP contribution in [0.15, 0.2) is 18.3 Å². The van der Waals surface area contributed by atoms with Gasteiger partial charge in [-0.25, -0.2) is 0 Å². The van der Waals surface area contributed by atoms with Gasteiger partial charge in [-0.2, -0.15) is 12.1 Å². The molecule has 0 aliphatic carbocycles. The second-order valence-electron chi connectivity index (χ2n) is 1.34. The van der Waals surface area contributed by atoms with Crippen LogP contribution in [0.2, 0.25) is 0 Å². The normalized spacial score (nSPS) is 7.56. The maximum Gasteiger partial charge on any atom is 1.00 e. The van der Waals surface area contributed by atoms with Crippen molar-refractivity contribution < 1.29 is 23.7 Å². The fourth-order valence-electron chi connectivity index (χ4n) is 0.401. The summed E-state index contributed by atoms with van der Waals surface area (Å²) >= 11 is 0. The fourth-order valence-corrected chi connectivity index (χ4v) is 0.401. The molecule has 0 aliphatic heterocycles. The number of carbonyl (C=O) groups is 1. The molecule has 3 heteroatoms. The predicted octanol–water partition coefficient (Wildman–Crippen LogP) is -2.30. The number of nitrogens with zero attached hydrogens (tertiary/aromatic N) is 1. The van der Waals surface area contributed by atoms with Crippen molar-refractivity contribution >= 4 is 6.29 Å². The van der Waals surface area contributed by atoms with Gasteiger partial charge in [0.15, 0.2) is 0 Å². The van der Waals surface area contributed by atoms with Crippen LogP contribution in [0.4, 0.5) is 0 Å². The van der Waals surface area contributed by atoms with E-state index in [9.17, 15) is 4.79 Å². The van der Waals surface area contributed by atoms with E-state index in [4.69, 9.17) is 0 Å². The van der Waals surface area contributed by atoms with Gasteiger partial charge in [-0.15, -0.1) is 0 Å². The zero-order chi connectivity index (χ0) is 5.82. The van der Waals surface area contributed by atoms with Gasteiger partial charge in [-0.05, 0) is 0 Å². The second-order valence-corrected chi connectivity index (χ2v) is 1.34. The van der Waals surface area contributed by atoms with E-state index in [1.807, 2.05) is 0 Å². The van der Waals surface area contributed by atoms with Crippen LogP contribution in [-0.4, -0.2) is 11.3 Å². The molecule has 1 aromatic rings.